The number of pyridine rings is 1. The van der Waals surface area contributed by atoms with Crippen LogP contribution in [-0.2, 0) is 9.63 Å². The quantitative estimate of drug-likeness (QED) is 0.820. The van der Waals surface area contributed by atoms with Crippen LogP contribution in [-0.4, -0.2) is 47.0 Å². The summed E-state index contributed by atoms with van der Waals surface area (Å²) in [6, 6.07) is 9.47. The molecule has 0 aliphatic carbocycles. The largest absolute Gasteiger partial charge is 0.324 e. The molecule has 2 aromatic rings. The summed E-state index contributed by atoms with van der Waals surface area (Å²) in [7, 11) is 0. The number of hydrogen-bond acceptors (Lipinski definition) is 6. The maximum Gasteiger partial charge on any atom is 0.238 e. The van der Waals surface area contributed by atoms with Gasteiger partial charge in [0.2, 0.25) is 5.91 Å². The third kappa shape index (κ3) is 4.14. The van der Waals surface area contributed by atoms with E-state index >= 15 is 0 Å². The molecule has 2 N–H and O–H groups in total. The van der Waals surface area contributed by atoms with Crippen LogP contribution in [0.4, 0.5) is 10.1 Å². The maximum atomic E-state index is 13.3. The molecule has 4 rings (SSSR count). The van der Waals surface area contributed by atoms with Gasteiger partial charge in [0.05, 0.1) is 17.3 Å². The molecule has 146 valence electrons. The third-order valence-electron chi connectivity index (χ3n) is 4.77. The summed E-state index contributed by atoms with van der Waals surface area (Å²) in [4.78, 5) is 29.0. The second kappa shape index (κ2) is 7.83. The van der Waals surface area contributed by atoms with Gasteiger partial charge in [0, 0.05) is 32.1 Å². The van der Waals surface area contributed by atoms with E-state index in [0.717, 1.165) is 5.69 Å². The Morgan fingerprint density at radius 1 is 1.32 bits per heavy atom. The molecule has 9 heteroatoms. The van der Waals surface area contributed by atoms with Gasteiger partial charge >= 0.3 is 0 Å². The molecule has 1 saturated heterocycles. The average molecular weight is 404 g/mol. The van der Waals surface area contributed by atoms with Crippen molar-refractivity contribution in [2.45, 2.75) is 18.6 Å². The second-order valence-corrected chi connectivity index (χ2v) is 7.18. The van der Waals surface area contributed by atoms with Gasteiger partial charge in [-0.1, -0.05) is 17.7 Å². The molecular formula is C19H19ClFN5O2. The Kier molecular flexibility index (Phi) is 5.25. The predicted octanol–water partition coefficient (Wildman–Crippen LogP) is 2.59. The van der Waals surface area contributed by atoms with Crippen molar-refractivity contribution in [3.63, 3.8) is 0 Å². The molecule has 7 nitrogen and oxygen atoms in total. The molecule has 0 radical (unpaired) electrons. The van der Waals surface area contributed by atoms with E-state index in [1.807, 2.05) is 23.1 Å². The number of rotatable bonds is 4. The normalized spacial score (nSPS) is 18.6. The zero-order valence-corrected chi connectivity index (χ0v) is 15.7. The molecule has 1 aromatic carbocycles. The van der Waals surface area contributed by atoms with Gasteiger partial charge in [-0.2, -0.15) is 0 Å². The van der Waals surface area contributed by atoms with E-state index in [9.17, 15) is 9.18 Å². The molecule has 28 heavy (non-hydrogen) atoms. The number of amidine groups is 1. The van der Waals surface area contributed by atoms with E-state index in [4.69, 9.17) is 16.4 Å². The average Bonchev–Trinajstić information content (AvgIpc) is 3.11. The standard InChI is InChI=1S/C19H19ClFN5O2/c20-14-5-4-13(21)11-16(14)23-17(27)12-26-9-6-19(7-10-26)24-18(25-28-19)15-3-1-2-8-22-15/h1-5,8,11H,6-7,9-10,12H2,(H,23,27)(H,24,25). The Balaban J connectivity index is 1.33. The summed E-state index contributed by atoms with van der Waals surface area (Å²) in [5, 5.41) is 2.96. The van der Waals surface area contributed by atoms with Crippen molar-refractivity contribution in [3.8, 4) is 0 Å². The molecular weight excluding hydrogens is 385 g/mol. The zero-order chi connectivity index (χ0) is 19.6. The van der Waals surface area contributed by atoms with Crippen LogP contribution < -0.4 is 10.8 Å². The molecule has 2 aliphatic heterocycles. The molecule has 1 spiro atoms. The van der Waals surface area contributed by atoms with E-state index in [0.29, 0.717) is 36.8 Å². The number of piperidine rings is 1. The van der Waals surface area contributed by atoms with E-state index in [2.05, 4.69) is 20.8 Å². The summed E-state index contributed by atoms with van der Waals surface area (Å²) < 4.78 is 13.3. The van der Waals surface area contributed by atoms with Gasteiger partial charge in [0.15, 0.2) is 11.6 Å². The van der Waals surface area contributed by atoms with Gasteiger partial charge in [-0.05, 0) is 30.3 Å². The third-order valence-corrected chi connectivity index (χ3v) is 5.10. The van der Waals surface area contributed by atoms with Crippen LogP contribution in [0.1, 0.15) is 18.5 Å². The van der Waals surface area contributed by atoms with Crippen LogP contribution in [0.15, 0.2) is 47.6 Å². The minimum atomic E-state index is -0.633. The number of carbonyl (C=O) groups excluding carboxylic acids is 1. The van der Waals surface area contributed by atoms with Crippen molar-refractivity contribution in [1.29, 1.82) is 0 Å². The van der Waals surface area contributed by atoms with Gasteiger partial charge in [-0.3, -0.25) is 14.7 Å². The van der Waals surface area contributed by atoms with Gasteiger partial charge in [-0.15, -0.1) is 0 Å². The summed E-state index contributed by atoms with van der Waals surface area (Å²) in [6.45, 7) is 1.48. The Morgan fingerprint density at radius 3 is 2.89 bits per heavy atom. The van der Waals surface area contributed by atoms with E-state index < -0.39 is 11.5 Å². The highest BCUT2D eigenvalue weighted by Gasteiger charge is 2.40. The first-order valence-corrected chi connectivity index (χ1v) is 9.33. The van der Waals surface area contributed by atoms with Crippen LogP contribution in [0.2, 0.25) is 5.02 Å². The topological polar surface area (TPSA) is 78.9 Å². The smallest absolute Gasteiger partial charge is 0.238 e. The van der Waals surface area contributed by atoms with Gasteiger partial charge < -0.3 is 5.32 Å². The number of hydroxylamine groups is 1. The molecule has 1 fully saturated rings. The van der Waals surface area contributed by atoms with E-state index in [-0.39, 0.29) is 18.1 Å². The molecule has 0 bridgehead atoms. The minimum Gasteiger partial charge on any atom is -0.324 e. The van der Waals surface area contributed by atoms with Crippen LogP contribution in [0.25, 0.3) is 0 Å². The fraction of sp³-hybridized carbons (Fsp3) is 0.316. The number of nitrogens with zero attached hydrogens (tertiary/aromatic N) is 3. The Hall–Kier alpha value is -2.55. The van der Waals surface area contributed by atoms with Crippen molar-refractivity contribution >= 4 is 29.0 Å². The van der Waals surface area contributed by atoms with Crippen LogP contribution >= 0.6 is 11.6 Å². The van der Waals surface area contributed by atoms with Gasteiger partial charge in [-0.25, -0.2) is 19.7 Å². The number of hydrogen-bond donors (Lipinski definition) is 2. The number of nitrogens with one attached hydrogen (secondary N) is 2. The van der Waals surface area contributed by atoms with Crippen LogP contribution in [0, 0.1) is 5.82 Å². The summed E-state index contributed by atoms with van der Waals surface area (Å²) >= 11 is 5.99. The lowest BCUT2D eigenvalue weighted by Gasteiger charge is -2.35. The summed E-state index contributed by atoms with van der Waals surface area (Å²) in [6.07, 6.45) is 2.99. The molecule has 0 atom stereocenters. The first-order chi connectivity index (χ1) is 13.5. The second-order valence-electron chi connectivity index (χ2n) is 6.77. The molecule has 0 unspecified atom stereocenters. The van der Waals surface area contributed by atoms with Crippen molar-refractivity contribution in [3.05, 3.63) is 59.1 Å². The van der Waals surface area contributed by atoms with Crippen LogP contribution in [0.5, 0.6) is 0 Å². The lowest BCUT2D eigenvalue weighted by molar-refractivity contribution is -0.120. The first kappa shape index (κ1) is 18.8. The number of aliphatic imine (C=N–C) groups is 1. The SMILES string of the molecule is O=C(CN1CCC2(CC1)N=C(c1ccccn1)NO2)Nc1cc(F)ccc1Cl. The lowest BCUT2D eigenvalue weighted by atomic mass is 10.0. The Morgan fingerprint density at radius 2 is 2.14 bits per heavy atom. The van der Waals surface area contributed by atoms with E-state index in [1.165, 1.54) is 18.2 Å². The van der Waals surface area contributed by atoms with E-state index in [1.54, 1.807) is 6.20 Å². The number of aromatic nitrogens is 1. The monoisotopic (exact) mass is 403 g/mol. The fourth-order valence-electron chi connectivity index (χ4n) is 3.27. The highest BCUT2D eigenvalue weighted by molar-refractivity contribution is 6.33. The fourth-order valence-corrected chi connectivity index (χ4v) is 3.43. The number of anilines is 1. The Labute approximate surface area is 166 Å². The van der Waals surface area contributed by atoms with Crippen molar-refractivity contribution in [2.24, 2.45) is 4.99 Å². The number of benzene rings is 1. The number of halogens is 2. The van der Waals surface area contributed by atoms with Gasteiger partial charge in [0.25, 0.3) is 0 Å². The molecule has 0 saturated carbocycles. The highest BCUT2D eigenvalue weighted by atomic mass is 35.5. The first-order valence-electron chi connectivity index (χ1n) is 8.96. The van der Waals surface area contributed by atoms with Crippen molar-refractivity contribution in [2.75, 3.05) is 25.0 Å². The van der Waals surface area contributed by atoms with Crippen molar-refractivity contribution in [1.82, 2.24) is 15.4 Å². The predicted molar refractivity (Wildman–Crippen MR) is 103 cm³/mol. The number of likely N-dealkylation sites (tertiary alicyclic amines) is 1. The minimum absolute atomic E-state index is 0.188. The van der Waals surface area contributed by atoms with Crippen molar-refractivity contribution < 1.29 is 14.0 Å². The maximum absolute atomic E-state index is 13.3. The summed E-state index contributed by atoms with van der Waals surface area (Å²) in [5.74, 6) is -0.0776. The van der Waals surface area contributed by atoms with Gasteiger partial charge in [0.1, 0.15) is 11.5 Å². The number of carbonyl (C=O) groups is 1. The van der Waals surface area contributed by atoms with Crippen LogP contribution in [0.3, 0.4) is 0 Å². The summed E-state index contributed by atoms with van der Waals surface area (Å²) in [5.41, 5.74) is 3.24. The lowest BCUT2D eigenvalue weighted by Crippen LogP contribution is -2.46. The zero-order valence-electron chi connectivity index (χ0n) is 15.0. The highest BCUT2D eigenvalue weighted by Crippen LogP contribution is 2.31. The molecule has 1 amide bonds. The Bertz CT molecular complexity index is 900. The molecule has 3 heterocycles. The molecule has 2 aliphatic rings. The number of amides is 1. The molecule has 1 aromatic heterocycles.